The number of likely N-dealkylation sites (tertiary alicyclic amines) is 1. The number of rotatable bonds is 4. The summed E-state index contributed by atoms with van der Waals surface area (Å²) in [5.41, 5.74) is -0.163. The van der Waals surface area contributed by atoms with Crippen molar-refractivity contribution in [1.82, 2.24) is 10.2 Å². The Morgan fingerprint density at radius 3 is 1.92 bits per heavy atom. The Bertz CT molecular complexity index is 501. The van der Waals surface area contributed by atoms with E-state index in [2.05, 4.69) is 19.2 Å². The van der Waals surface area contributed by atoms with Crippen molar-refractivity contribution < 1.29 is 9.59 Å². The zero-order valence-corrected chi connectivity index (χ0v) is 15.9. The van der Waals surface area contributed by atoms with Crippen LogP contribution >= 0.6 is 0 Å². The number of nitrogens with zero attached hydrogens (tertiary/aromatic N) is 1. The van der Waals surface area contributed by atoms with E-state index in [1.807, 2.05) is 4.90 Å². The Kier molecular flexibility index (Phi) is 4.57. The molecule has 140 valence electrons. The van der Waals surface area contributed by atoms with Crippen LogP contribution in [0.1, 0.15) is 71.6 Å². The number of hydrogen-bond donors (Lipinski definition) is 1. The molecule has 4 nitrogen and oxygen atoms in total. The molecule has 5 rings (SSSR count). The molecule has 4 bridgehead atoms. The molecule has 0 aromatic rings. The fourth-order valence-corrected chi connectivity index (χ4v) is 6.51. The Morgan fingerprint density at radius 2 is 1.44 bits per heavy atom. The van der Waals surface area contributed by atoms with Gasteiger partial charge in [-0.1, -0.05) is 13.8 Å². The van der Waals surface area contributed by atoms with Crippen LogP contribution in [-0.2, 0) is 9.59 Å². The van der Waals surface area contributed by atoms with Crippen LogP contribution in [0.3, 0.4) is 0 Å². The summed E-state index contributed by atoms with van der Waals surface area (Å²) in [7, 11) is 0. The fraction of sp³-hybridized carbons (Fsp3) is 0.905. The molecule has 1 heterocycles. The van der Waals surface area contributed by atoms with Crippen LogP contribution < -0.4 is 5.32 Å². The molecule has 0 spiro atoms. The highest BCUT2D eigenvalue weighted by molar-refractivity contribution is 5.90. The summed E-state index contributed by atoms with van der Waals surface area (Å²) in [4.78, 5) is 28.3. The van der Waals surface area contributed by atoms with Gasteiger partial charge < -0.3 is 10.2 Å². The second-order valence-electron chi connectivity index (χ2n) is 9.78. The van der Waals surface area contributed by atoms with E-state index in [-0.39, 0.29) is 29.2 Å². The molecular formula is C21H34N2O2. The highest BCUT2D eigenvalue weighted by Gasteiger charge is 2.55. The lowest BCUT2D eigenvalue weighted by molar-refractivity contribution is -0.150. The van der Waals surface area contributed by atoms with Crippen molar-refractivity contribution in [3.05, 3.63) is 0 Å². The van der Waals surface area contributed by atoms with Crippen molar-refractivity contribution in [3.8, 4) is 0 Å². The minimum Gasteiger partial charge on any atom is -0.344 e. The largest absolute Gasteiger partial charge is 0.344 e. The third kappa shape index (κ3) is 3.21. The van der Waals surface area contributed by atoms with Gasteiger partial charge in [0.25, 0.3) is 0 Å². The summed E-state index contributed by atoms with van der Waals surface area (Å²) in [6.45, 7) is 5.84. The molecule has 1 N–H and O–H groups in total. The van der Waals surface area contributed by atoms with Crippen LogP contribution in [0.2, 0.25) is 0 Å². The van der Waals surface area contributed by atoms with Gasteiger partial charge in [0.2, 0.25) is 11.8 Å². The summed E-state index contributed by atoms with van der Waals surface area (Å²) < 4.78 is 0. The second-order valence-corrected chi connectivity index (χ2v) is 9.78. The van der Waals surface area contributed by atoms with Gasteiger partial charge in [0.05, 0.1) is 0 Å². The molecular weight excluding hydrogens is 312 g/mol. The molecule has 4 saturated carbocycles. The van der Waals surface area contributed by atoms with Gasteiger partial charge in [-0.05, 0) is 81.5 Å². The van der Waals surface area contributed by atoms with Crippen LogP contribution in [0.4, 0.5) is 0 Å². The zero-order valence-electron chi connectivity index (χ0n) is 15.9. The minimum absolute atomic E-state index is 0.146. The van der Waals surface area contributed by atoms with E-state index >= 15 is 0 Å². The standard InChI is InChI=1S/C21H34N2O2/c1-14(2)18(19(24)23-6-4-3-5-7-23)22-20(25)21-11-15-8-16(12-21)10-17(9-15)13-21/h14-18H,3-13H2,1-2H3,(H,22,25)/t15?,16?,17?,18-,21?/m0/s1. The van der Waals surface area contributed by atoms with E-state index < -0.39 is 0 Å². The Hall–Kier alpha value is -1.06. The molecule has 1 aliphatic heterocycles. The van der Waals surface area contributed by atoms with Crippen LogP contribution in [0, 0.1) is 29.1 Å². The molecule has 0 unspecified atom stereocenters. The van der Waals surface area contributed by atoms with Gasteiger partial charge in [0.15, 0.2) is 0 Å². The van der Waals surface area contributed by atoms with Gasteiger partial charge in [-0.15, -0.1) is 0 Å². The van der Waals surface area contributed by atoms with E-state index in [9.17, 15) is 9.59 Å². The van der Waals surface area contributed by atoms with Crippen molar-refractivity contribution in [2.75, 3.05) is 13.1 Å². The Morgan fingerprint density at radius 1 is 0.920 bits per heavy atom. The van der Waals surface area contributed by atoms with E-state index in [4.69, 9.17) is 0 Å². The molecule has 1 saturated heterocycles. The maximum atomic E-state index is 13.3. The molecule has 4 aliphatic carbocycles. The predicted octanol–water partition coefficient (Wildman–Crippen LogP) is 3.36. The number of piperidine rings is 1. The summed E-state index contributed by atoms with van der Waals surface area (Å²) in [6, 6.07) is -0.349. The predicted molar refractivity (Wildman–Crippen MR) is 97.8 cm³/mol. The number of amides is 2. The van der Waals surface area contributed by atoms with Crippen LogP contribution in [0.15, 0.2) is 0 Å². The topological polar surface area (TPSA) is 49.4 Å². The van der Waals surface area contributed by atoms with E-state index in [0.717, 1.165) is 62.9 Å². The van der Waals surface area contributed by atoms with E-state index in [1.165, 1.54) is 25.7 Å². The molecule has 5 fully saturated rings. The van der Waals surface area contributed by atoms with Gasteiger partial charge in [-0.25, -0.2) is 0 Å². The average molecular weight is 347 g/mol. The SMILES string of the molecule is CC(C)[C@H](NC(=O)C12CC3CC(CC(C3)C1)C2)C(=O)N1CCCCC1. The van der Waals surface area contributed by atoms with Crippen LogP contribution in [0.25, 0.3) is 0 Å². The van der Waals surface area contributed by atoms with Gasteiger partial charge >= 0.3 is 0 Å². The number of hydrogen-bond acceptors (Lipinski definition) is 2. The lowest BCUT2D eigenvalue weighted by Crippen LogP contribution is -2.59. The van der Waals surface area contributed by atoms with Crippen molar-refractivity contribution >= 4 is 11.8 Å². The lowest BCUT2D eigenvalue weighted by atomic mass is 9.49. The van der Waals surface area contributed by atoms with Crippen LogP contribution in [0.5, 0.6) is 0 Å². The van der Waals surface area contributed by atoms with Gasteiger partial charge in [0.1, 0.15) is 6.04 Å². The Balaban J connectivity index is 1.46. The monoisotopic (exact) mass is 346 g/mol. The zero-order chi connectivity index (χ0) is 17.6. The van der Waals surface area contributed by atoms with Gasteiger partial charge in [-0.2, -0.15) is 0 Å². The van der Waals surface area contributed by atoms with Crippen molar-refractivity contribution in [1.29, 1.82) is 0 Å². The first-order valence-electron chi connectivity index (χ1n) is 10.6. The van der Waals surface area contributed by atoms with Crippen molar-refractivity contribution in [3.63, 3.8) is 0 Å². The summed E-state index contributed by atoms with van der Waals surface area (Å²) in [6.07, 6.45) is 10.6. The Labute approximate surface area is 152 Å². The first-order chi connectivity index (χ1) is 12.0. The average Bonchev–Trinajstić information content (AvgIpc) is 2.58. The molecule has 25 heavy (non-hydrogen) atoms. The van der Waals surface area contributed by atoms with Gasteiger partial charge in [-0.3, -0.25) is 9.59 Å². The summed E-state index contributed by atoms with van der Waals surface area (Å²) in [5, 5.41) is 3.24. The highest BCUT2D eigenvalue weighted by Crippen LogP contribution is 2.60. The van der Waals surface area contributed by atoms with Gasteiger partial charge in [0, 0.05) is 18.5 Å². The summed E-state index contributed by atoms with van der Waals surface area (Å²) >= 11 is 0. The number of nitrogens with one attached hydrogen (secondary N) is 1. The maximum absolute atomic E-state index is 13.3. The van der Waals surface area contributed by atoms with E-state index in [0.29, 0.717) is 0 Å². The smallest absolute Gasteiger partial charge is 0.245 e. The fourth-order valence-electron chi connectivity index (χ4n) is 6.51. The second kappa shape index (κ2) is 6.59. The molecule has 1 atom stereocenters. The molecule has 2 amide bonds. The summed E-state index contributed by atoms with van der Waals surface area (Å²) in [5.74, 6) is 2.75. The number of carbonyl (C=O) groups excluding carboxylic acids is 2. The molecule has 0 radical (unpaired) electrons. The minimum atomic E-state index is -0.349. The maximum Gasteiger partial charge on any atom is 0.245 e. The molecule has 0 aromatic carbocycles. The first-order valence-corrected chi connectivity index (χ1v) is 10.6. The normalized spacial score (nSPS) is 38.0. The number of carbonyl (C=O) groups is 2. The highest BCUT2D eigenvalue weighted by atomic mass is 16.2. The van der Waals surface area contributed by atoms with Crippen molar-refractivity contribution in [2.45, 2.75) is 77.7 Å². The first kappa shape index (κ1) is 17.4. The molecule has 0 aromatic heterocycles. The third-order valence-corrected chi connectivity index (χ3v) is 7.41. The van der Waals surface area contributed by atoms with Crippen LogP contribution in [-0.4, -0.2) is 35.8 Å². The quantitative estimate of drug-likeness (QED) is 0.848. The lowest BCUT2D eigenvalue weighted by Gasteiger charge is -2.56. The molecule has 5 aliphatic rings. The molecule has 4 heteroatoms. The third-order valence-electron chi connectivity index (χ3n) is 7.41. The van der Waals surface area contributed by atoms with Crippen molar-refractivity contribution in [2.24, 2.45) is 29.1 Å². The van der Waals surface area contributed by atoms with E-state index in [1.54, 1.807) is 0 Å².